The third-order valence-corrected chi connectivity index (χ3v) is 2.58. The summed E-state index contributed by atoms with van der Waals surface area (Å²) in [5, 5.41) is 11.7. The van der Waals surface area contributed by atoms with Gasteiger partial charge in [-0.1, -0.05) is 0 Å². The van der Waals surface area contributed by atoms with Crippen molar-refractivity contribution in [3.63, 3.8) is 0 Å². The maximum absolute atomic E-state index is 12.0. The van der Waals surface area contributed by atoms with Crippen molar-refractivity contribution in [2.45, 2.75) is 25.5 Å². The average Bonchev–Trinajstić information content (AvgIpc) is 2.28. The first-order valence-electron chi connectivity index (χ1n) is 5.76. The Morgan fingerprint density at radius 2 is 2.22 bits per heavy atom. The molecule has 1 atom stereocenters. The molecule has 1 aliphatic heterocycles. The van der Waals surface area contributed by atoms with Gasteiger partial charge in [-0.3, -0.25) is 0 Å². The lowest BCUT2D eigenvalue weighted by molar-refractivity contribution is -0.154. The molecule has 1 unspecified atom stereocenters. The molecule has 1 heterocycles. The summed E-state index contributed by atoms with van der Waals surface area (Å²) in [4.78, 5) is 24.2. The zero-order valence-corrected chi connectivity index (χ0v) is 10.9. The Kier molecular flexibility index (Phi) is 4.92. The molecule has 0 aliphatic carbocycles. The minimum atomic E-state index is -1.05. The van der Waals surface area contributed by atoms with Crippen molar-refractivity contribution in [3.8, 4) is 0 Å². The first-order valence-corrected chi connectivity index (χ1v) is 5.76. The van der Waals surface area contributed by atoms with Crippen molar-refractivity contribution >= 4 is 12.0 Å². The van der Waals surface area contributed by atoms with E-state index in [2.05, 4.69) is 5.32 Å². The van der Waals surface area contributed by atoms with Crippen LogP contribution in [0.3, 0.4) is 0 Å². The van der Waals surface area contributed by atoms with Crippen molar-refractivity contribution in [1.82, 2.24) is 10.2 Å². The van der Waals surface area contributed by atoms with E-state index in [1.54, 1.807) is 7.11 Å². The van der Waals surface area contributed by atoms with Crippen LogP contribution < -0.4 is 5.32 Å². The van der Waals surface area contributed by atoms with Gasteiger partial charge in [0.1, 0.15) is 0 Å². The molecule has 0 aromatic heterocycles. The molecule has 2 amide bonds. The van der Waals surface area contributed by atoms with Gasteiger partial charge < -0.3 is 24.8 Å². The number of carbonyl (C=O) groups is 2. The van der Waals surface area contributed by atoms with Crippen molar-refractivity contribution in [2.75, 3.05) is 33.4 Å². The van der Waals surface area contributed by atoms with Gasteiger partial charge in [0.05, 0.1) is 25.3 Å². The summed E-state index contributed by atoms with van der Waals surface area (Å²) in [7, 11) is 1.56. The summed E-state index contributed by atoms with van der Waals surface area (Å²) in [5.74, 6) is -1.05. The first kappa shape index (κ1) is 14.7. The minimum absolute atomic E-state index is 0.0598. The van der Waals surface area contributed by atoms with Crippen LogP contribution in [0.15, 0.2) is 0 Å². The number of nitrogens with zero attached hydrogens (tertiary/aromatic N) is 1. The van der Waals surface area contributed by atoms with Crippen LogP contribution in [0.2, 0.25) is 0 Å². The highest BCUT2D eigenvalue weighted by atomic mass is 16.5. The molecule has 0 bridgehead atoms. The van der Waals surface area contributed by atoms with Crippen LogP contribution >= 0.6 is 0 Å². The van der Waals surface area contributed by atoms with E-state index in [4.69, 9.17) is 14.6 Å². The topological polar surface area (TPSA) is 88.1 Å². The summed E-state index contributed by atoms with van der Waals surface area (Å²) in [6.07, 6.45) is -0.949. The summed E-state index contributed by atoms with van der Waals surface area (Å²) >= 11 is 0. The maximum atomic E-state index is 12.0. The molecule has 2 N–H and O–H groups in total. The van der Waals surface area contributed by atoms with Crippen molar-refractivity contribution in [1.29, 1.82) is 0 Å². The van der Waals surface area contributed by atoms with Crippen LogP contribution in [0.25, 0.3) is 0 Å². The standard InChI is InChI=1S/C11H20N2O5/c1-11(2,7-17-3)12-10(16)13-4-5-18-8(6-13)9(14)15/h8H,4-7H2,1-3H3,(H,12,16)(H,14,15). The number of carboxylic acid groups (broad SMARTS) is 1. The highest BCUT2D eigenvalue weighted by Crippen LogP contribution is 2.08. The van der Waals surface area contributed by atoms with E-state index >= 15 is 0 Å². The quantitative estimate of drug-likeness (QED) is 0.737. The number of hydrogen-bond acceptors (Lipinski definition) is 4. The second kappa shape index (κ2) is 6.01. The largest absolute Gasteiger partial charge is 0.479 e. The minimum Gasteiger partial charge on any atom is -0.479 e. The summed E-state index contributed by atoms with van der Waals surface area (Å²) in [6.45, 7) is 4.73. The Morgan fingerprint density at radius 3 is 2.78 bits per heavy atom. The second-order valence-corrected chi connectivity index (χ2v) is 4.89. The van der Waals surface area contributed by atoms with E-state index < -0.39 is 17.6 Å². The van der Waals surface area contributed by atoms with Crippen molar-refractivity contribution < 1.29 is 24.2 Å². The number of carboxylic acids is 1. The molecule has 7 nitrogen and oxygen atoms in total. The van der Waals surface area contributed by atoms with Crippen molar-refractivity contribution in [2.24, 2.45) is 0 Å². The molecule has 104 valence electrons. The number of rotatable bonds is 4. The maximum Gasteiger partial charge on any atom is 0.334 e. The van der Waals surface area contributed by atoms with Gasteiger partial charge in [-0.2, -0.15) is 0 Å². The highest BCUT2D eigenvalue weighted by Gasteiger charge is 2.31. The molecule has 1 saturated heterocycles. The fraction of sp³-hybridized carbons (Fsp3) is 0.818. The van der Waals surface area contributed by atoms with Crippen LogP contribution in [-0.2, 0) is 14.3 Å². The number of nitrogens with one attached hydrogen (secondary N) is 1. The second-order valence-electron chi connectivity index (χ2n) is 4.89. The molecule has 7 heteroatoms. The van der Waals surface area contributed by atoms with Gasteiger partial charge in [0.25, 0.3) is 0 Å². The smallest absolute Gasteiger partial charge is 0.334 e. The summed E-state index contributed by atoms with van der Waals surface area (Å²) in [6, 6.07) is -0.299. The van der Waals surface area contributed by atoms with Crippen LogP contribution in [0, 0.1) is 0 Å². The van der Waals surface area contributed by atoms with Crippen molar-refractivity contribution in [3.05, 3.63) is 0 Å². The van der Waals surface area contributed by atoms with E-state index in [0.717, 1.165) is 0 Å². The normalized spacial score (nSPS) is 20.6. The van der Waals surface area contributed by atoms with E-state index in [-0.39, 0.29) is 19.2 Å². The molecule has 1 fully saturated rings. The molecule has 0 aromatic rings. The van der Waals surface area contributed by atoms with E-state index in [0.29, 0.717) is 13.2 Å². The Balaban J connectivity index is 2.53. The molecular formula is C11H20N2O5. The lowest BCUT2D eigenvalue weighted by atomic mass is 10.1. The Hall–Kier alpha value is -1.34. The number of urea groups is 1. The molecular weight excluding hydrogens is 240 g/mol. The number of aliphatic carboxylic acids is 1. The lowest BCUT2D eigenvalue weighted by Crippen LogP contribution is -2.57. The van der Waals surface area contributed by atoms with Gasteiger partial charge in [0.2, 0.25) is 0 Å². The number of hydrogen-bond donors (Lipinski definition) is 2. The van der Waals surface area contributed by atoms with Gasteiger partial charge in [0, 0.05) is 13.7 Å². The van der Waals surface area contributed by atoms with E-state index in [1.807, 2.05) is 13.8 Å². The lowest BCUT2D eigenvalue weighted by Gasteiger charge is -2.34. The number of morpholine rings is 1. The van der Waals surface area contributed by atoms with Crippen LogP contribution in [0.5, 0.6) is 0 Å². The molecule has 18 heavy (non-hydrogen) atoms. The van der Waals surface area contributed by atoms with Gasteiger partial charge >= 0.3 is 12.0 Å². The fourth-order valence-electron chi connectivity index (χ4n) is 1.75. The fourth-order valence-corrected chi connectivity index (χ4v) is 1.75. The molecule has 0 spiro atoms. The van der Waals surface area contributed by atoms with Crippen LogP contribution in [0.4, 0.5) is 4.79 Å². The predicted octanol–water partition coefficient (Wildman–Crippen LogP) is -0.0936. The summed E-state index contributed by atoms with van der Waals surface area (Å²) in [5.41, 5.74) is -0.497. The third-order valence-electron chi connectivity index (χ3n) is 2.58. The molecule has 1 aliphatic rings. The zero-order valence-electron chi connectivity index (χ0n) is 10.9. The van der Waals surface area contributed by atoms with Gasteiger partial charge in [0.15, 0.2) is 6.10 Å². The number of carbonyl (C=O) groups excluding carboxylic acids is 1. The SMILES string of the molecule is COCC(C)(C)NC(=O)N1CCOC(C(=O)O)C1. The van der Waals surface area contributed by atoms with Gasteiger partial charge in [-0.15, -0.1) is 0 Å². The number of methoxy groups -OCH3 is 1. The summed E-state index contributed by atoms with van der Waals surface area (Å²) < 4.78 is 10.1. The predicted molar refractivity (Wildman–Crippen MR) is 63.4 cm³/mol. The Morgan fingerprint density at radius 1 is 1.56 bits per heavy atom. The average molecular weight is 260 g/mol. The molecule has 0 radical (unpaired) electrons. The van der Waals surface area contributed by atoms with E-state index in [1.165, 1.54) is 4.90 Å². The van der Waals surface area contributed by atoms with Gasteiger partial charge in [-0.05, 0) is 13.8 Å². The highest BCUT2D eigenvalue weighted by molar-refractivity contribution is 5.78. The Labute approximate surface area is 106 Å². The van der Waals surface area contributed by atoms with Crippen LogP contribution in [0.1, 0.15) is 13.8 Å². The zero-order chi connectivity index (χ0) is 13.8. The molecule has 1 rings (SSSR count). The monoisotopic (exact) mass is 260 g/mol. The first-order chi connectivity index (χ1) is 8.35. The number of amides is 2. The Bertz CT molecular complexity index is 319. The molecule has 0 aromatic carbocycles. The number of ether oxygens (including phenoxy) is 2. The molecule has 0 saturated carbocycles. The van der Waals surface area contributed by atoms with Gasteiger partial charge in [-0.25, -0.2) is 9.59 Å². The van der Waals surface area contributed by atoms with Crippen LogP contribution in [-0.4, -0.2) is 67.1 Å². The third kappa shape index (κ3) is 4.15. The van der Waals surface area contributed by atoms with E-state index in [9.17, 15) is 9.59 Å².